The van der Waals surface area contributed by atoms with E-state index >= 15 is 0 Å². The summed E-state index contributed by atoms with van der Waals surface area (Å²) < 4.78 is 0. The number of hydrogen-bond donors (Lipinski definition) is 1. The Bertz CT molecular complexity index is 411. The highest BCUT2D eigenvalue weighted by Gasteiger charge is 2.04. The predicted octanol–water partition coefficient (Wildman–Crippen LogP) is 4.01. The summed E-state index contributed by atoms with van der Waals surface area (Å²) >= 11 is 6.08. The average Bonchev–Trinajstić information content (AvgIpc) is 2.20. The first-order chi connectivity index (χ1) is 6.79. The second kappa shape index (κ2) is 5.06. The Balaban J connectivity index is 0.00000112. The SMILES string of the molecule is Cl.Nc1ccccc1-c1ccccc1Cl. The van der Waals surface area contributed by atoms with Crippen LogP contribution in [-0.2, 0) is 0 Å². The summed E-state index contributed by atoms with van der Waals surface area (Å²) in [6.45, 7) is 0. The molecule has 78 valence electrons. The van der Waals surface area contributed by atoms with Gasteiger partial charge in [0.1, 0.15) is 0 Å². The standard InChI is InChI=1S/C12H10ClN.ClH/c13-11-7-3-1-5-9(11)10-6-2-4-8-12(10)14;/h1-8H,14H2;1H. The van der Waals surface area contributed by atoms with Gasteiger partial charge < -0.3 is 5.73 Å². The van der Waals surface area contributed by atoms with E-state index in [1.165, 1.54) is 0 Å². The summed E-state index contributed by atoms with van der Waals surface area (Å²) in [6, 6.07) is 15.4. The van der Waals surface area contributed by atoms with Crippen molar-refractivity contribution in [2.75, 3.05) is 5.73 Å². The molecule has 2 aromatic carbocycles. The van der Waals surface area contributed by atoms with Crippen LogP contribution >= 0.6 is 24.0 Å². The molecule has 0 aliphatic heterocycles. The molecule has 0 heterocycles. The Labute approximate surface area is 100 Å². The van der Waals surface area contributed by atoms with Crippen molar-refractivity contribution in [1.82, 2.24) is 0 Å². The molecule has 0 amide bonds. The van der Waals surface area contributed by atoms with Crippen LogP contribution in [0.5, 0.6) is 0 Å². The van der Waals surface area contributed by atoms with Crippen molar-refractivity contribution in [3.05, 3.63) is 53.6 Å². The molecule has 0 unspecified atom stereocenters. The molecule has 2 aromatic rings. The van der Waals surface area contributed by atoms with Gasteiger partial charge in [-0.05, 0) is 12.1 Å². The molecule has 1 nitrogen and oxygen atoms in total. The van der Waals surface area contributed by atoms with E-state index in [9.17, 15) is 0 Å². The van der Waals surface area contributed by atoms with E-state index < -0.39 is 0 Å². The molecule has 15 heavy (non-hydrogen) atoms. The fraction of sp³-hybridized carbons (Fsp3) is 0. The van der Waals surface area contributed by atoms with E-state index in [2.05, 4.69) is 0 Å². The topological polar surface area (TPSA) is 26.0 Å². The van der Waals surface area contributed by atoms with Crippen LogP contribution in [0.1, 0.15) is 0 Å². The lowest BCUT2D eigenvalue weighted by molar-refractivity contribution is 1.61. The first kappa shape index (κ1) is 11.9. The summed E-state index contributed by atoms with van der Waals surface area (Å²) in [5.41, 5.74) is 8.58. The molecule has 0 radical (unpaired) electrons. The lowest BCUT2D eigenvalue weighted by atomic mass is 10.0. The highest BCUT2D eigenvalue weighted by Crippen LogP contribution is 2.31. The second-order valence-electron chi connectivity index (χ2n) is 3.07. The van der Waals surface area contributed by atoms with Crippen LogP contribution in [0.3, 0.4) is 0 Å². The number of halogens is 2. The van der Waals surface area contributed by atoms with E-state index in [4.69, 9.17) is 17.3 Å². The monoisotopic (exact) mass is 239 g/mol. The van der Waals surface area contributed by atoms with Gasteiger partial charge in [0.15, 0.2) is 0 Å². The van der Waals surface area contributed by atoms with E-state index in [1.807, 2.05) is 48.5 Å². The van der Waals surface area contributed by atoms with Crippen molar-refractivity contribution in [1.29, 1.82) is 0 Å². The lowest BCUT2D eigenvalue weighted by Crippen LogP contribution is -1.89. The Kier molecular flexibility index (Phi) is 4.01. The smallest absolute Gasteiger partial charge is 0.0485 e. The number of rotatable bonds is 1. The predicted molar refractivity (Wildman–Crippen MR) is 68.5 cm³/mol. The molecular formula is C12H11Cl2N. The van der Waals surface area contributed by atoms with Crippen molar-refractivity contribution in [2.45, 2.75) is 0 Å². The third kappa shape index (κ3) is 2.44. The summed E-state index contributed by atoms with van der Waals surface area (Å²) in [5, 5.41) is 0.727. The van der Waals surface area contributed by atoms with Gasteiger partial charge in [-0.3, -0.25) is 0 Å². The molecule has 0 bridgehead atoms. The van der Waals surface area contributed by atoms with Crippen LogP contribution in [0.4, 0.5) is 5.69 Å². The van der Waals surface area contributed by atoms with Gasteiger partial charge in [0.2, 0.25) is 0 Å². The third-order valence-electron chi connectivity index (χ3n) is 2.12. The summed E-state index contributed by atoms with van der Waals surface area (Å²) in [4.78, 5) is 0. The van der Waals surface area contributed by atoms with Gasteiger partial charge in [-0.1, -0.05) is 48.0 Å². The van der Waals surface area contributed by atoms with E-state index in [-0.39, 0.29) is 12.4 Å². The maximum absolute atomic E-state index is 6.08. The van der Waals surface area contributed by atoms with Crippen LogP contribution in [0.2, 0.25) is 5.02 Å². The van der Waals surface area contributed by atoms with Crippen molar-refractivity contribution >= 4 is 29.7 Å². The molecule has 0 aliphatic rings. The van der Waals surface area contributed by atoms with Gasteiger partial charge in [0, 0.05) is 21.8 Å². The number of nitrogens with two attached hydrogens (primary N) is 1. The van der Waals surface area contributed by atoms with E-state index in [0.717, 1.165) is 21.8 Å². The first-order valence-electron chi connectivity index (χ1n) is 4.38. The largest absolute Gasteiger partial charge is 0.398 e. The molecule has 2 rings (SSSR count). The molecule has 0 spiro atoms. The average molecular weight is 240 g/mol. The maximum Gasteiger partial charge on any atom is 0.0485 e. The Morgan fingerprint density at radius 2 is 1.33 bits per heavy atom. The molecule has 0 aliphatic carbocycles. The zero-order valence-electron chi connectivity index (χ0n) is 7.98. The highest BCUT2D eigenvalue weighted by molar-refractivity contribution is 6.33. The zero-order valence-corrected chi connectivity index (χ0v) is 9.55. The minimum atomic E-state index is 0. The van der Waals surface area contributed by atoms with Crippen molar-refractivity contribution in [2.24, 2.45) is 0 Å². The molecule has 0 saturated heterocycles. The Morgan fingerprint density at radius 1 is 0.800 bits per heavy atom. The summed E-state index contributed by atoms with van der Waals surface area (Å²) in [7, 11) is 0. The first-order valence-corrected chi connectivity index (χ1v) is 4.76. The van der Waals surface area contributed by atoms with Crippen LogP contribution < -0.4 is 5.73 Å². The van der Waals surface area contributed by atoms with Gasteiger partial charge in [-0.25, -0.2) is 0 Å². The fourth-order valence-corrected chi connectivity index (χ4v) is 1.66. The summed E-state index contributed by atoms with van der Waals surface area (Å²) in [5.74, 6) is 0. The molecule has 3 heteroatoms. The van der Waals surface area contributed by atoms with Gasteiger partial charge in [0.05, 0.1) is 0 Å². The molecule has 0 atom stereocenters. The van der Waals surface area contributed by atoms with Crippen LogP contribution in [0.25, 0.3) is 11.1 Å². The molecule has 2 N–H and O–H groups in total. The normalized spacial score (nSPS) is 9.40. The van der Waals surface area contributed by atoms with Gasteiger partial charge in [-0.2, -0.15) is 0 Å². The minimum Gasteiger partial charge on any atom is -0.398 e. The number of benzene rings is 2. The molecular weight excluding hydrogens is 229 g/mol. The highest BCUT2D eigenvalue weighted by atomic mass is 35.5. The Hall–Kier alpha value is -1.18. The second-order valence-corrected chi connectivity index (χ2v) is 3.47. The molecule has 0 aromatic heterocycles. The quantitative estimate of drug-likeness (QED) is 0.748. The van der Waals surface area contributed by atoms with Crippen molar-refractivity contribution in [3.63, 3.8) is 0 Å². The number of nitrogen functional groups attached to an aromatic ring is 1. The van der Waals surface area contributed by atoms with Gasteiger partial charge >= 0.3 is 0 Å². The third-order valence-corrected chi connectivity index (χ3v) is 2.45. The van der Waals surface area contributed by atoms with Crippen LogP contribution in [0.15, 0.2) is 48.5 Å². The van der Waals surface area contributed by atoms with Crippen LogP contribution in [0, 0.1) is 0 Å². The maximum atomic E-state index is 6.08. The zero-order chi connectivity index (χ0) is 9.97. The number of hydrogen-bond acceptors (Lipinski definition) is 1. The summed E-state index contributed by atoms with van der Waals surface area (Å²) in [6.07, 6.45) is 0. The minimum absolute atomic E-state index is 0. The van der Waals surface area contributed by atoms with Crippen LogP contribution in [-0.4, -0.2) is 0 Å². The van der Waals surface area contributed by atoms with Gasteiger partial charge in [-0.15, -0.1) is 12.4 Å². The Morgan fingerprint density at radius 3 is 1.93 bits per heavy atom. The van der Waals surface area contributed by atoms with E-state index in [0.29, 0.717) is 0 Å². The number of anilines is 1. The lowest BCUT2D eigenvalue weighted by Gasteiger charge is -2.06. The fourth-order valence-electron chi connectivity index (χ4n) is 1.42. The molecule has 0 fully saturated rings. The van der Waals surface area contributed by atoms with E-state index in [1.54, 1.807) is 0 Å². The molecule has 0 saturated carbocycles. The van der Waals surface area contributed by atoms with Gasteiger partial charge in [0.25, 0.3) is 0 Å². The van der Waals surface area contributed by atoms with Crippen molar-refractivity contribution in [3.8, 4) is 11.1 Å². The number of para-hydroxylation sites is 1. The van der Waals surface area contributed by atoms with Crippen molar-refractivity contribution < 1.29 is 0 Å².